The molecular weight excluding hydrogens is 263 g/mol. The zero-order valence-electron chi connectivity index (χ0n) is 8.17. The highest BCUT2D eigenvalue weighted by atomic mass is 79.9. The number of hydrogen-bond acceptors (Lipinski definition) is 3. The molecule has 1 saturated heterocycles. The van der Waals surface area contributed by atoms with Crippen molar-refractivity contribution < 1.29 is 9.13 Å². The molecule has 1 aromatic heterocycles. The van der Waals surface area contributed by atoms with Crippen molar-refractivity contribution in [2.75, 3.05) is 13.1 Å². The van der Waals surface area contributed by atoms with Crippen LogP contribution in [0.15, 0.2) is 16.7 Å². The van der Waals surface area contributed by atoms with Crippen LogP contribution in [0.2, 0.25) is 0 Å². The third kappa shape index (κ3) is 2.89. The summed E-state index contributed by atoms with van der Waals surface area (Å²) in [6.45, 7) is 1.77. The van der Waals surface area contributed by atoms with Crippen LogP contribution >= 0.6 is 15.9 Å². The molecule has 0 aromatic carbocycles. The van der Waals surface area contributed by atoms with E-state index in [1.165, 1.54) is 12.3 Å². The Balaban J connectivity index is 2.03. The smallest absolute Gasteiger partial charge is 0.250 e. The van der Waals surface area contributed by atoms with E-state index in [4.69, 9.17) is 4.74 Å². The zero-order valence-corrected chi connectivity index (χ0v) is 9.76. The summed E-state index contributed by atoms with van der Waals surface area (Å²) < 4.78 is 19.5. The number of aromatic nitrogens is 1. The molecule has 2 heterocycles. The van der Waals surface area contributed by atoms with Crippen molar-refractivity contribution in [1.29, 1.82) is 0 Å². The number of hydrogen-bond donors (Lipinski definition) is 1. The molecule has 0 saturated carbocycles. The highest BCUT2D eigenvalue weighted by Gasteiger charge is 2.17. The number of nitrogens with one attached hydrogen (secondary N) is 1. The second-order valence-electron chi connectivity index (χ2n) is 3.53. The highest BCUT2D eigenvalue weighted by Crippen LogP contribution is 2.20. The Morgan fingerprint density at radius 3 is 3.13 bits per heavy atom. The molecule has 0 radical (unpaired) electrons. The van der Waals surface area contributed by atoms with Crippen molar-refractivity contribution in [3.63, 3.8) is 0 Å². The lowest BCUT2D eigenvalue weighted by Gasteiger charge is -2.23. The molecule has 1 atom stereocenters. The molecule has 0 spiro atoms. The predicted molar refractivity (Wildman–Crippen MR) is 58.4 cm³/mol. The Bertz CT molecular complexity index is 342. The van der Waals surface area contributed by atoms with Gasteiger partial charge in [-0.05, 0) is 41.4 Å². The Morgan fingerprint density at radius 2 is 2.47 bits per heavy atom. The Kier molecular flexibility index (Phi) is 3.53. The maximum absolute atomic E-state index is 13.4. The van der Waals surface area contributed by atoms with Gasteiger partial charge in [0.25, 0.3) is 5.88 Å². The first-order valence-corrected chi connectivity index (χ1v) is 5.73. The summed E-state index contributed by atoms with van der Waals surface area (Å²) in [5.41, 5.74) is 0. The molecule has 2 rings (SSSR count). The van der Waals surface area contributed by atoms with Crippen LogP contribution in [0.5, 0.6) is 5.88 Å². The lowest BCUT2D eigenvalue weighted by atomic mass is 10.1. The van der Waals surface area contributed by atoms with Gasteiger partial charge in [-0.15, -0.1) is 0 Å². The van der Waals surface area contributed by atoms with Crippen LogP contribution in [0.1, 0.15) is 12.8 Å². The Labute approximate surface area is 96.2 Å². The average Bonchev–Trinajstić information content (AvgIpc) is 2.24. The molecule has 15 heavy (non-hydrogen) atoms. The number of nitrogens with zero attached hydrogens (tertiary/aromatic N) is 1. The number of rotatable bonds is 2. The maximum Gasteiger partial charge on any atom is 0.250 e. The lowest BCUT2D eigenvalue weighted by Crippen LogP contribution is -2.37. The van der Waals surface area contributed by atoms with Gasteiger partial charge in [-0.1, -0.05) is 0 Å². The van der Waals surface area contributed by atoms with Crippen molar-refractivity contribution in [3.8, 4) is 5.88 Å². The van der Waals surface area contributed by atoms with Gasteiger partial charge >= 0.3 is 0 Å². The zero-order chi connectivity index (χ0) is 10.7. The topological polar surface area (TPSA) is 34.1 Å². The third-order valence-electron chi connectivity index (χ3n) is 2.30. The average molecular weight is 275 g/mol. The molecule has 0 amide bonds. The fourth-order valence-electron chi connectivity index (χ4n) is 1.57. The van der Waals surface area contributed by atoms with E-state index in [1.54, 1.807) is 0 Å². The highest BCUT2D eigenvalue weighted by molar-refractivity contribution is 9.10. The summed E-state index contributed by atoms with van der Waals surface area (Å²) in [4.78, 5) is 3.90. The first kappa shape index (κ1) is 10.8. The van der Waals surface area contributed by atoms with Gasteiger partial charge in [0, 0.05) is 17.2 Å². The van der Waals surface area contributed by atoms with E-state index in [0.29, 0.717) is 4.47 Å². The van der Waals surface area contributed by atoms with Gasteiger partial charge in [0.15, 0.2) is 5.82 Å². The first-order chi connectivity index (χ1) is 7.25. The summed E-state index contributed by atoms with van der Waals surface area (Å²) in [5.74, 6) is -0.332. The molecule has 1 N–H and O–H groups in total. The molecule has 82 valence electrons. The van der Waals surface area contributed by atoms with Crippen LogP contribution in [-0.2, 0) is 0 Å². The maximum atomic E-state index is 13.4. The summed E-state index contributed by atoms with van der Waals surface area (Å²) in [5, 5.41) is 3.20. The van der Waals surface area contributed by atoms with Crippen LogP contribution in [0, 0.1) is 5.82 Å². The summed E-state index contributed by atoms with van der Waals surface area (Å²) in [6, 6.07) is 1.36. The standard InChI is InChI=1S/C10H12BrFN2O/c11-7-4-9(12)10(14-5-7)15-8-2-1-3-13-6-8/h4-5,8,13H,1-3,6H2. The lowest BCUT2D eigenvalue weighted by molar-refractivity contribution is 0.153. The van der Waals surface area contributed by atoms with Gasteiger partial charge < -0.3 is 10.1 Å². The van der Waals surface area contributed by atoms with E-state index in [9.17, 15) is 4.39 Å². The normalized spacial score (nSPS) is 21.3. The van der Waals surface area contributed by atoms with E-state index in [0.717, 1.165) is 25.9 Å². The van der Waals surface area contributed by atoms with Gasteiger partial charge in [-0.3, -0.25) is 0 Å². The van der Waals surface area contributed by atoms with Crippen molar-refractivity contribution in [1.82, 2.24) is 10.3 Å². The van der Waals surface area contributed by atoms with Crippen molar-refractivity contribution in [3.05, 3.63) is 22.6 Å². The molecule has 1 aliphatic heterocycles. The van der Waals surface area contributed by atoms with Crippen LogP contribution in [0.4, 0.5) is 4.39 Å². The number of ether oxygens (including phenoxy) is 1. The molecule has 3 nitrogen and oxygen atoms in total. The second-order valence-corrected chi connectivity index (χ2v) is 4.44. The summed E-state index contributed by atoms with van der Waals surface area (Å²) >= 11 is 3.15. The van der Waals surface area contributed by atoms with Crippen LogP contribution < -0.4 is 10.1 Å². The van der Waals surface area contributed by atoms with Gasteiger partial charge in [0.05, 0.1) is 0 Å². The number of piperidine rings is 1. The molecule has 5 heteroatoms. The van der Waals surface area contributed by atoms with E-state index in [1.807, 2.05) is 0 Å². The van der Waals surface area contributed by atoms with Crippen molar-refractivity contribution >= 4 is 15.9 Å². The van der Waals surface area contributed by atoms with E-state index in [-0.39, 0.29) is 12.0 Å². The quantitative estimate of drug-likeness (QED) is 0.897. The SMILES string of the molecule is Fc1cc(Br)cnc1OC1CCCNC1. The van der Waals surface area contributed by atoms with E-state index >= 15 is 0 Å². The minimum Gasteiger partial charge on any atom is -0.471 e. The van der Waals surface area contributed by atoms with Crippen LogP contribution in [0.25, 0.3) is 0 Å². The molecular formula is C10H12BrFN2O. The molecule has 1 unspecified atom stereocenters. The number of pyridine rings is 1. The van der Waals surface area contributed by atoms with Gasteiger partial charge in [-0.25, -0.2) is 9.37 Å². The van der Waals surface area contributed by atoms with E-state index < -0.39 is 5.82 Å². The van der Waals surface area contributed by atoms with Crippen molar-refractivity contribution in [2.45, 2.75) is 18.9 Å². The molecule has 1 aliphatic rings. The second kappa shape index (κ2) is 4.90. The largest absolute Gasteiger partial charge is 0.471 e. The summed E-state index contributed by atoms with van der Waals surface area (Å²) in [7, 11) is 0. The fraction of sp³-hybridized carbons (Fsp3) is 0.500. The minimum atomic E-state index is -0.421. The third-order valence-corrected chi connectivity index (χ3v) is 2.74. The van der Waals surface area contributed by atoms with E-state index in [2.05, 4.69) is 26.2 Å². The van der Waals surface area contributed by atoms with Gasteiger partial charge in [0.1, 0.15) is 6.10 Å². The van der Waals surface area contributed by atoms with Crippen LogP contribution in [0.3, 0.4) is 0 Å². The molecule has 1 aromatic rings. The van der Waals surface area contributed by atoms with Gasteiger partial charge in [0.2, 0.25) is 0 Å². The minimum absolute atomic E-state index is 0.0296. The van der Waals surface area contributed by atoms with Crippen LogP contribution in [-0.4, -0.2) is 24.2 Å². The molecule has 0 bridgehead atoms. The summed E-state index contributed by atoms with van der Waals surface area (Å²) in [6.07, 6.45) is 3.57. The Hall–Kier alpha value is -0.680. The Morgan fingerprint density at radius 1 is 1.60 bits per heavy atom. The molecule has 0 aliphatic carbocycles. The predicted octanol–water partition coefficient (Wildman–Crippen LogP) is 2.11. The monoisotopic (exact) mass is 274 g/mol. The van der Waals surface area contributed by atoms with Gasteiger partial charge in [-0.2, -0.15) is 0 Å². The molecule has 1 fully saturated rings. The number of halogens is 2. The fourth-order valence-corrected chi connectivity index (χ4v) is 1.87. The van der Waals surface area contributed by atoms with Crippen molar-refractivity contribution in [2.24, 2.45) is 0 Å². The first-order valence-electron chi connectivity index (χ1n) is 4.94.